The Morgan fingerprint density at radius 2 is 2.11 bits per heavy atom. The summed E-state index contributed by atoms with van der Waals surface area (Å²) >= 11 is 1.50. The van der Waals surface area contributed by atoms with Gasteiger partial charge in [0.05, 0.1) is 7.11 Å². The van der Waals surface area contributed by atoms with Crippen LogP contribution in [-0.4, -0.2) is 17.1 Å². The van der Waals surface area contributed by atoms with Gasteiger partial charge in [-0.15, -0.1) is 11.3 Å². The molecule has 0 aliphatic carbocycles. The summed E-state index contributed by atoms with van der Waals surface area (Å²) in [5.41, 5.74) is 2.03. The molecule has 19 heavy (non-hydrogen) atoms. The zero-order chi connectivity index (χ0) is 13.2. The molecule has 3 aromatic rings. The van der Waals surface area contributed by atoms with Crippen molar-refractivity contribution in [2.24, 2.45) is 0 Å². The Kier molecular flexibility index (Phi) is 2.86. The smallest absolute Gasteiger partial charge is 0.233 e. The molecular formula is C14H9N3OS. The third-order valence-electron chi connectivity index (χ3n) is 2.83. The minimum atomic E-state index is 0.195. The summed E-state index contributed by atoms with van der Waals surface area (Å²) in [5, 5.41) is 11.8. The molecule has 0 saturated heterocycles. The van der Waals surface area contributed by atoms with Gasteiger partial charge in [0.15, 0.2) is 0 Å². The lowest BCUT2D eigenvalue weighted by atomic mass is 10.1. The Hall–Kier alpha value is -2.45. The van der Waals surface area contributed by atoms with Gasteiger partial charge in [-0.3, -0.25) is 0 Å². The lowest BCUT2D eigenvalue weighted by molar-refractivity contribution is 0.416. The van der Waals surface area contributed by atoms with Gasteiger partial charge in [0.25, 0.3) is 0 Å². The molecule has 1 aromatic carbocycles. The second kappa shape index (κ2) is 4.67. The van der Waals surface area contributed by atoms with Crippen molar-refractivity contribution in [3.63, 3.8) is 0 Å². The molecular weight excluding hydrogens is 258 g/mol. The van der Waals surface area contributed by atoms with Gasteiger partial charge in [-0.2, -0.15) is 5.26 Å². The molecule has 0 amide bonds. The maximum atomic E-state index is 8.81. The molecule has 0 saturated carbocycles. The Labute approximate surface area is 113 Å². The van der Waals surface area contributed by atoms with E-state index in [-0.39, 0.29) is 5.82 Å². The molecule has 92 valence electrons. The largest absolute Gasteiger partial charge is 0.496 e. The number of hydrogen-bond donors (Lipinski definition) is 0. The van der Waals surface area contributed by atoms with Crippen molar-refractivity contribution in [1.29, 1.82) is 5.26 Å². The quantitative estimate of drug-likeness (QED) is 0.715. The van der Waals surface area contributed by atoms with E-state index in [1.165, 1.54) is 11.3 Å². The third kappa shape index (κ3) is 1.92. The number of fused-ring (bicyclic) bond motifs is 1. The van der Waals surface area contributed by atoms with E-state index in [1.807, 2.05) is 35.7 Å². The number of rotatable bonds is 2. The van der Waals surface area contributed by atoms with E-state index in [0.717, 1.165) is 27.1 Å². The molecule has 0 aliphatic heterocycles. The zero-order valence-corrected chi connectivity index (χ0v) is 10.9. The number of para-hydroxylation sites is 1. The Morgan fingerprint density at radius 1 is 1.26 bits per heavy atom. The lowest BCUT2D eigenvalue weighted by Gasteiger charge is -2.06. The van der Waals surface area contributed by atoms with Gasteiger partial charge in [0, 0.05) is 28.1 Å². The highest BCUT2D eigenvalue weighted by Crippen LogP contribution is 2.37. The van der Waals surface area contributed by atoms with E-state index in [4.69, 9.17) is 10.00 Å². The van der Waals surface area contributed by atoms with Crippen molar-refractivity contribution in [2.45, 2.75) is 0 Å². The zero-order valence-electron chi connectivity index (χ0n) is 10.1. The van der Waals surface area contributed by atoms with Crippen LogP contribution in [0.4, 0.5) is 0 Å². The monoisotopic (exact) mass is 267 g/mol. The molecule has 0 spiro atoms. The van der Waals surface area contributed by atoms with Crippen LogP contribution >= 0.6 is 11.3 Å². The predicted octanol–water partition coefficient (Wildman–Crippen LogP) is 3.24. The van der Waals surface area contributed by atoms with Crippen molar-refractivity contribution >= 4 is 21.6 Å². The lowest BCUT2D eigenvalue weighted by Crippen LogP contribution is -1.89. The van der Waals surface area contributed by atoms with E-state index in [1.54, 1.807) is 13.3 Å². The normalized spacial score (nSPS) is 10.3. The fourth-order valence-corrected chi connectivity index (χ4v) is 2.86. The molecule has 0 bridgehead atoms. The number of thiophene rings is 1. The summed E-state index contributed by atoms with van der Waals surface area (Å²) < 4.78 is 5.37. The van der Waals surface area contributed by atoms with E-state index in [9.17, 15) is 0 Å². The first kappa shape index (κ1) is 11.6. The number of methoxy groups -OCH3 is 1. The third-order valence-corrected chi connectivity index (χ3v) is 3.72. The maximum absolute atomic E-state index is 8.81. The molecule has 0 atom stereocenters. The van der Waals surface area contributed by atoms with E-state index in [2.05, 4.69) is 9.97 Å². The molecule has 3 rings (SSSR count). The van der Waals surface area contributed by atoms with Crippen molar-refractivity contribution < 1.29 is 4.74 Å². The van der Waals surface area contributed by atoms with Gasteiger partial charge < -0.3 is 4.74 Å². The van der Waals surface area contributed by atoms with Crippen LogP contribution in [0.1, 0.15) is 5.82 Å². The summed E-state index contributed by atoms with van der Waals surface area (Å²) in [7, 11) is 1.65. The average molecular weight is 267 g/mol. The summed E-state index contributed by atoms with van der Waals surface area (Å²) in [4.78, 5) is 9.05. The number of ether oxygens (including phenoxy) is 1. The highest BCUT2D eigenvalue weighted by molar-refractivity contribution is 7.17. The first-order valence-electron chi connectivity index (χ1n) is 5.61. The minimum absolute atomic E-state index is 0.195. The molecule has 5 heteroatoms. The summed E-state index contributed by atoms with van der Waals surface area (Å²) in [6.07, 6.45) is 1.69. The van der Waals surface area contributed by atoms with Crippen molar-refractivity contribution in [3.8, 4) is 22.9 Å². The molecule has 0 unspecified atom stereocenters. The fourth-order valence-electron chi connectivity index (χ4n) is 1.95. The molecule has 0 aliphatic rings. The SMILES string of the molecule is COc1ccccc1-c1csc2nc(C#N)ncc12. The van der Waals surface area contributed by atoms with E-state index in [0.29, 0.717) is 0 Å². The van der Waals surface area contributed by atoms with Crippen LogP contribution in [0.3, 0.4) is 0 Å². The topological polar surface area (TPSA) is 58.8 Å². The predicted molar refractivity (Wildman–Crippen MR) is 74.1 cm³/mol. The van der Waals surface area contributed by atoms with Gasteiger partial charge >= 0.3 is 0 Å². The van der Waals surface area contributed by atoms with Crippen molar-refractivity contribution in [3.05, 3.63) is 41.7 Å². The van der Waals surface area contributed by atoms with Gasteiger partial charge in [0.1, 0.15) is 16.6 Å². The molecule has 2 aromatic heterocycles. The Balaban J connectivity index is 2.24. The molecule has 2 heterocycles. The van der Waals surface area contributed by atoms with Crippen LogP contribution in [0.2, 0.25) is 0 Å². The molecule has 0 N–H and O–H groups in total. The number of hydrogen-bond acceptors (Lipinski definition) is 5. The number of nitrogens with zero attached hydrogens (tertiary/aromatic N) is 3. The maximum Gasteiger partial charge on any atom is 0.233 e. The summed E-state index contributed by atoms with van der Waals surface area (Å²) in [5.74, 6) is 1.01. The van der Waals surface area contributed by atoms with E-state index < -0.39 is 0 Å². The second-order valence-electron chi connectivity index (χ2n) is 3.87. The molecule has 4 nitrogen and oxygen atoms in total. The van der Waals surface area contributed by atoms with Crippen LogP contribution in [-0.2, 0) is 0 Å². The van der Waals surface area contributed by atoms with Crippen molar-refractivity contribution in [2.75, 3.05) is 7.11 Å². The van der Waals surface area contributed by atoms with Crippen LogP contribution in [0.25, 0.3) is 21.3 Å². The van der Waals surface area contributed by atoms with Gasteiger partial charge in [0.2, 0.25) is 5.82 Å². The number of benzene rings is 1. The van der Waals surface area contributed by atoms with Crippen LogP contribution in [0.5, 0.6) is 5.75 Å². The fraction of sp³-hybridized carbons (Fsp3) is 0.0714. The highest BCUT2D eigenvalue weighted by atomic mass is 32.1. The van der Waals surface area contributed by atoms with Crippen LogP contribution in [0.15, 0.2) is 35.8 Å². The Morgan fingerprint density at radius 3 is 2.89 bits per heavy atom. The first-order valence-corrected chi connectivity index (χ1v) is 6.49. The Bertz CT molecular complexity index is 789. The molecule has 0 radical (unpaired) electrons. The van der Waals surface area contributed by atoms with E-state index >= 15 is 0 Å². The van der Waals surface area contributed by atoms with Crippen LogP contribution in [0, 0.1) is 11.3 Å². The highest BCUT2D eigenvalue weighted by Gasteiger charge is 2.12. The molecule has 0 fully saturated rings. The van der Waals surface area contributed by atoms with Gasteiger partial charge in [-0.05, 0) is 6.07 Å². The van der Waals surface area contributed by atoms with Gasteiger partial charge in [-0.1, -0.05) is 18.2 Å². The van der Waals surface area contributed by atoms with Crippen LogP contribution < -0.4 is 4.74 Å². The summed E-state index contributed by atoms with van der Waals surface area (Å²) in [6, 6.07) is 9.76. The first-order chi connectivity index (χ1) is 9.33. The number of aromatic nitrogens is 2. The average Bonchev–Trinajstić information content (AvgIpc) is 2.89. The minimum Gasteiger partial charge on any atom is -0.496 e. The standard InChI is InChI=1S/C14H9N3OS/c1-18-12-5-3-2-4-9(12)11-8-19-14-10(11)7-16-13(6-15)17-14/h2-5,7-8H,1H3. The number of nitriles is 1. The van der Waals surface area contributed by atoms with Gasteiger partial charge in [-0.25, -0.2) is 9.97 Å². The second-order valence-corrected chi connectivity index (χ2v) is 4.73. The summed E-state index contributed by atoms with van der Waals surface area (Å²) in [6.45, 7) is 0. The van der Waals surface area contributed by atoms with Crippen molar-refractivity contribution in [1.82, 2.24) is 9.97 Å².